The summed E-state index contributed by atoms with van der Waals surface area (Å²) in [5.41, 5.74) is 0.352. The maximum atomic E-state index is 10.5. The van der Waals surface area contributed by atoms with Crippen LogP contribution in [0.5, 0.6) is 5.75 Å². The fraction of sp³-hybridized carbons (Fsp3) is 0.111. The predicted octanol–water partition coefficient (Wildman–Crippen LogP) is 1.58. The molecule has 0 aliphatic heterocycles. The zero-order chi connectivity index (χ0) is 9.84. The van der Waals surface area contributed by atoms with Crippen molar-refractivity contribution in [3.63, 3.8) is 0 Å². The molecule has 1 aromatic rings. The zero-order valence-corrected chi connectivity index (χ0v) is 6.98. The fourth-order valence-electron chi connectivity index (χ4n) is 0.922. The van der Waals surface area contributed by atoms with Gasteiger partial charge in [-0.15, -0.1) is 6.42 Å². The van der Waals surface area contributed by atoms with E-state index in [1.807, 2.05) is 0 Å². The third kappa shape index (κ3) is 1.76. The highest BCUT2D eigenvalue weighted by Crippen LogP contribution is 2.26. The summed E-state index contributed by atoms with van der Waals surface area (Å²) in [5.74, 6) is 2.53. The third-order valence-corrected chi connectivity index (χ3v) is 1.54. The molecule has 0 N–H and O–H groups in total. The van der Waals surface area contributed by atoms with Crippen LogP contribution in [0.1, 0.15) is 5.56 Å². The Labute approximate surface area is 75.3 Å². The Balaban J connectivity index is 3.28. The smallest absolute Gasteiger partial charge is 0.312 e. The molecule has 4 heteroatoms. The lowest BCUT2D eigenvalue weighted by Gasteiger charge is -2.00. The first-order chi connectivity index (χ1) is 6.19. The molecule has 0 fully saturated rings. The lowest BCUT2D eigenvalue weighted by atomic mass is 10.2. The molecule has 0 unspecified atom stereocenters. The first-order valence-corrected chi connectivity index (χ1v) is 3.48. The van der Waals surface area contributed by atoms with Crippen LogP contribution < -0.4 is 4.74 Å². The maximum absolute atomic E-state index is 10.5. The van der Waals surface area contributed by atoms with Crippen molar-refractivity contribution in [1.29, 1.82) is 0 Å². The van der Waals surface area contributed by atoms with E-state index < -0.39 is 4.92 Å². The Kier molecular flexibility index (Phi) is 2.50. The van der Waals surface area contributed by atoms with Gasteiger partial charge in [-0.25, -0.2) is 0 Å². The number of nitro groups is 1. The number of methoxy groups -OCH3 is 1. The largest absolute Gasteiger partial charge is 0.490 e. The Bertz CT molecular complexity index is 379. The lowest BCUT2D eigenvalue weighted by Crippen LogP contribution is -1.93. The molecule has 0 saturated carbocycles. The van der Waals surface area contributed by atoms with Gasteiger partial charge in [-0.2, -0.15) is 0 Å². The molecule has 0 heterocycles. The monoisotopic (exact) mass is 177 g/mol. The number of nitro benzene ring substituents is 1. The van der Waals surface area contributed by atoms with Gasteiger partial charge in [0.15, 0.2) is 5.75 Å². The van der Waals surface area contributed by atoms with Gasteiger partial charge in [-0.05, 0) is 12.1 Å². The van der Waals surface area contributed by atoms with Gasteiger partial charge in [0.25, 0.3) is 0 Å². The third-order valence-electron chi connectivity index (χ3n) is 1.54. The van der Waals surface area contributed by atoms with Crippen molar-refractivity contribution < 1.29 is 9.66 Å². The molecular formula is C9H7NO3. The molecule has 4 nitrogen and oxygen atoms in total. The van der Waals surface area contributed by atoms with Gasteiger partial charge in [0, 0.05) is 11.6 Å². The number of benzene rings is 1. The number of rotatable bonds is 2. The molecular weight excluding hydrogens is 170 g/mol. The topological polar surface area (TPSA) is 52.4 Å². The molecule has 0 aliphatic rings. The van der Waals surface area contributed by atoms with Crippen LogP contribution in [-0.4, -0.2) is 12.0 Å². The minimum Gasteiger partial charge on any atom is -0.490 e. The van der Waals surface area contributed by atoms with E-state index >= 15 is 0 Å². The molecule has 1 aromatic carbocycles. The van der Waals surface area contributed by atoms with E-state index in [1.54, 1.807) is 6.07 Å². The van der Waals surface area contributed by atoms with Gasteiger partial charge in [-0.1, -0.05) is 5.92 Å². The number of ether oxygens (including phenoxy) is 1. The molecule has 0 aliphatic carbocycles. The minimum atomic E-state index is -0.528. The summed E-state index contributed by atoms with van der Waals surface area (Å²) in [6, 6.07) is 4.37. The average Bonchev–Trinajstić information content (AvgIpc) is 2.16. The van der Waals surface area contributed by atoms with Gasteiger partial charge in [-0.3, -0.25) is 10.1 Å². The van der Waals surface area contributed by atoms with Crippen molar-refractivity contribution in [3.05, 3.63) is 33.9 Å². The second-order valence-corrected chi connectivity index (χ2v) is 2.29. The van der Waals surface area contributed by atoms with Crippen molar-refractivity contribution in [2.24, 2.45) is 0 Å². The quantitative estimate of drug-likeness (QED) is 0.391. The fourth-order valence-corrected chi connectivity index (χ4v) is 0.922. The molecule has 0 atom stereocenters. The number of nitrogens with zero attached hydrogens (tertiary/aromatic N) is 1. The average molecular weight is 177 g/mol. The van der Waals surface area contributed by atoms with Crippen molar-refractivity contribution >= 4 is 5.69 Å². The van der Waals surface area contributed by atoms with E-state index in [0.717, 1.165) is 0 Å². The highest BCUT2D eigenvalue weighted by molar-refractivity contribution is 5.52. The number of hydrogen-bond acceptors (Lipinski definition) is 3. The summed E-state index contributed by atoms with van der Waals surface area (Å²) >= 11 is 0. The first kappa shape index (κ1) is 9.07. The van der Waals surface area contributed by atoms with Crippen molar-refractivity contribution in [2.45, 2.75) is 0 Å². The summed E-state index contributed by atoms with van der Waals surface area (Å²) in [4.78, 5) is 9.98. The molecule has 0 spiro atoms. The van der Waals surface area contributed by atoms with Gasteiger partial charge in [0.1, 0.15) is 0 Å². The molecule has 66 valence electrons. The van der Waals surface area contributed by atoms with Crippen LogP contribution in [0.15, 0.2) is 18.2 Å². The van der Waals surface area contributed by atoms with Crippen LogP contribution in [0.4, 0.5) is 5.69 Å². The van der Waals surface area contributed by atoms with Crippen LogP contribution >= 0.6 is 0 Å². The van der Waals surface area contributed by atoms with Crippen LogP contribution in [0.25, 0.3) is 0 Å². The SMILES string of the molecule is C#Cc1ccc(OC)c([N+](=O)[O-])c1. The van der Waals surface area contributed by atoms with Gasteiger partial charge in [0.05, 0.1) is 12.0 Å². The Morgan fingerprint density at radius 1 is 1.62 bits per heavy atom. The highest BCUT2D eigenvalue weighted by atomic mass is 16.6. The highest BCUT2D eigenvalue weighted by Gasteiger charge is 2.13. The van der Waals surface area contributed by atoms with Crippen LogP contribution in [0.2, 0.25) is 0 Å². The summed E-state index contributed by atoms with van der Waals surface area (Å²) in [5, 5.41) is 10.5. The first-order valence-electron chi connectivity index (χ1n) is 3.48. The van der Waals surface area contributed by atoms with Gasteiger partial charge >= 0.3 is 5.69 Å². The van der Waals surface area contributed by atoms with E-state index in [1.165, 1.54) is 19.2 Å². The second-order valence-electron chi connectivity index (χ2n) is 2.29. The van der Waals surface area contributed by atoms with Gasteiger partial charge in [0.2, 0.25) is 0 Å². The molecule has 0 amide bonds. The predicted molar refractivity (Wildman–Crippen MR) is 47.6 cm³/mol. The summed E-state index contributed by atoms with van der Waals surface area (Å²) in [6.07, 6.45) is 5.10. The Morgan fingerprint density at radius 3 is 2.77 bits per heavy atom. The zero-order valence-electron chi connectivity index (χ0n) is 6.98. The maximum Gasteiger partial charge on any atom is 0.312 e. The van der Waals surface area contributed by atoms with E-state index in [-0.39, 0.29) is 11.4 Å². The second kappa shape index (κ2) is 3.59. The van der Waals surface area contributed by atoms with E-state index in [2.05, 4.69) is 5.92 Å². The number of terminal acetylenes is 1. The molecule has 0 radical (unpaired) electrons. The van der Waals surface area contributed by atoms with Gasteiger partial charge < -0.3 is 4.74 Å². The molecule has 0 saturated heterocycles. The molecule has 0 bridgehead atoms. The number of hydrogen-bond donors (Lipinski definition) is 0. The van der Waals surface area contributed by atoms with E-state index in [0.29, 0.717) is 5.56 Å². The van der Waals surface area contributed by atoms with Crippen molar-refractivity contribution in [2.75, 3.05) is 7.11 Å². The minimum absolute atomic E-state index is 0.113. The van der Waals surface area contributed by atoms with Crippen molar-refractivity contribution in [3.8, 4) is 18.1 Å². The Morgan fingerprint density at radius 2 is 2.31 bits per heavy atom. The molecule has 13 heavy (non-hydrogen) atoms. The molecule has 0 aromatic heterocycles. The van der Waals surface area contributed by atoms with E-state index in [9.17, 15) is 10.1 Å². The van der Waals surface area contributed by atoms with Crippen LogP contribution in [0, 0.1) is 22.5 Å². The normalized spacial score (nSPS) is 8.92. The summed E-state index contributed by atoms with van der Waals surface area (Å²) in [6.45, 7) is 0. The van der Waals surface area contributed by atoms with Crippen molar-refractivity contribution in [1.82, 2.24) is 0 Å². The Hall–Kier alpha value is -2.02. The van der Waals surface area contributed by atoms with Crippen LogP contribution in [0.3, 0.4) is 0 Å². The molecule has 1 rings (SSSR count). The van der Waals surface area contributed by atoms with E-state index in [4.69, 9.17) is 11.2 Å². The van der Waals surface area contributed by atoms with Crippen LogP contribution in [-0.2, 0) is 0 Å². The summed E-state index contributed by atoms with van der Waals surface area (Å²) < 4.78 is 4.80. The standard InChI is InChI=1S/C9H7NO3/c1-3-7-4-5-9(13-2)8(6-7)10(11)12/h1,4-6H,2H3. The summed E-state index contributed by atoms with van der Waals surface area (Å²) in [7, 11) is 1.37. The lowest BCUT2D eigenvalue weighted by molar-refractivity contribution is -0.385.